The van der Waals surface area contributed by atoms with Gasteiger partial charge in [0, 0.05) is 5.56 Å². The van der Waals surface area contributed by atoms with Gasteiger partial charge in [-0.25, -0.2) is 0 Å². The summed E-state index contributed by atoms with van der Waals surface area (Å²) in [6.45, 7) is 0. The number of phenolic OH excluding ortho intramolecular Hbond substituents is 4. The number of benzene rings is 3. The van der Waals surface area contributed by atoms with Crippen LogP contribution in [0.5, 0.6) is 23.0 Å². The molecule has 0 aliphatic carbocycles. The van der Waals surface area contributed by atoms with E-state index in [-0.39, 0.29) is 23.0 Å². The summed E-state index contributed by atoms with van der Waals surface area (Å²) in [7, 11) is 0. The lowest BCUT2D eigenvalue weighted by molar-refractivity contribution is 0.461. The lowest BCUT2D eigenvalue weighted by Gasteiger charge is -2.13. The van der Waals surface area contributed by atoms with E-state index in [0.29, 0.717) is 11.1 Å². The van der Waals surface area contributed by atoms with Gasteiger partial charge in [0.2, 0.25) is 0 Å². The Morgan fingerprint density at radius 3 is 1.68 bits per heavy atom. The van der Waals surface area contributed by atoms with Crippen molar-refractivity contribution in [1.29, 1.82) is 0 Å². The second-order valence-electron chi connectivity index (χ2n) is 4.98. The maximum atomic E-state index is 10.1. The van der Waals surface area contributed by atoms with E-state index < -0.39 is 0 Å². The van der Waals surface area contributed by atoms with Crippen molar-refractivity contribution >= 4 is 0 Å². The van der Waals surface area contributed by atoms with Crippen molar-refractivity contribution in [2.45, 2.75) is 0 Å². The zero-order valence-corrected chi connectivity index (χ0v) is 11.6. The SMILES string of the molecule is Oc1ccc(-c2ccc(O)cc2-c2cc(O)ccc2O)cc1. The maximum absolute atomic E-state index is 10.1. The molecule has 0 amide bonds. The molecule has 0 heterocycles. The smallest absolute Gasteiger partial charge is 0.123 e. The molecule has 0 saturated carbocycles. The van der Waals surface area contributed by atoms with Gasteiger partial charge in [-0.15, -0.1) is 0 Å². The van der Waals surface area contributed by atoms with Crippen LogP contribution >= 0.6 is 0 Å². The summed E-state index contributed by atoms with van der Waals surface area (Å²) in [4.78, 5) is 0. The van der Waals surface area contributed by atoms with Gasteiger partial charge in [0.1, 0.15) is 23.0 Å². The molecule has 22 heavy (non-hydrogen) atoms. The number of hydrogen-bond donors (Lipinski definition) is 4. The molecule has 0 bridgehead atoms. The largest absolute Gasteiger partial charge is 0.508 e. The Morgan fingerprint density at radius 2 is 1.00 bits per heavy atom. The molecule has 0 radical (unpaired) electrons. The van der Waals surface area contributed by atoms with Gasteiger partial charge in [-0.2, -0.15) is 0 Å². The summed E-state index contributed by atoms with van der Waals surface area (Å²) >= 11 is 0. The predicted molar refractivity (Wildman–Crippen MR) is 84.0 cm³/mol. The minimum Gasteiger partial charge on any atom is -0.508 e. The third kappa shape index (κ3) is 2.54. The van der Waals surface area contributed by atoms with E-state index in [1.165, 1.54) is 24.3 Å². The van der Waals surface area contributed by atoms with E-state index in [0.717, 1.165) is 11.1 Å². The molecule has 4 nitrogen and oxygen atoms in total. The van der Waals surface area contributed by atoms with Crippen LogP contribution in [0.2, 0.25) is 0 Å². The summed E-state index contributed by atoms with van der Waals surface area (Å²) in [5, 5.41) is 38.9. The standard InChI is InChI=1S/C18H14O4/c19-12-3-1-11(2-4-12)15-7-5-13(20)9-16(15)17-10-14(21)6-8-18(17)22/h1-10,19-22H. The molecule has 0 spiro atoms. The average molecular weight is 294 g/mol. The lowest BCUT2D eigenvalue weighted by atomic mass is 9.93. The van der Waals surface area contributed by atoms with E-state index in [9.17, 15) is 20.4 Å². The molecule has 0 saturated heterocycles. The highest BCUT2D eigenvalue weighted by Crippen LogP contribution is 2.40. The quantitative estimate of drug-likeness (QED) is 0.541. The molecule has 3 rings (SSSR count). The second kappa shape index (κ2) is 5.33. The predicted octanol–water partition coefficient (Wildman–Crippen LogP) is 3.84. The number of aromatic hydroxyl groups is 4. The summed E-state index contributed by atoms with van der Waals surface area (Å²) in [6.07, 6.45) is 0. The third-order valence-electron chi connectivity index (χ3n) is 3.45. The van der Waals surface area contributed by atoms with Gasteiger partial charge < -0.3 is 20.4 Å². The van der Waals surface area contributed by atoms with Gasteiger partial charge in [-0.3, -0.25) is 0 Å². The molecule has 3 aromatic rings. The molecule has 0 atom stereocenters. The van der Waals surface area contributed by atoms with Crippen LogP contribution in [0.25, 0.3) is 22.3 Å². The summed E-state index contributed by atoms with van der Waals surface area (Å²) < 4.78 is 0. The third-order valence-corrected chi connectivity index (χ3v) is 3.45. The Bertz CT molecular complexity index is 823. The highest BCUT2D eigenvalue weighted by Gasteiger charge is 2.13. The van der Waals surface area contributed by atoms with Crippen molar-refractivity contribution in [1.82, 2.24) is 0 Å². The lowest BCUT2D eigenvalue weighted by Crippen LogP contribution is -1.86. The Balaban J connectivity index is 2.24. The Morgan fingerprint density at radius 1 is 0.455 bits per heavy atom. The fourth-order valence-electron chi connectivity index (χ4n) is 2.39. The summed E-state index contributed by atoms with van der Waals surface area (Å²) in [6, 6.07) is 15.6. The van der Waals surface area contributed by atoms with Crippen molar-refractivity contribution in [2.75, 3.05) is 0 Å². The minimum atomic E-state index is 0.00317. The van der Waals surface area contributed by atoms with E-state index in [2.05, 4.69) is 0 Å². The summed E-state index contributed by atoms with van der Waals surface area (Å²) in [5.74, 6) is 0.237. The van der Waals surface area contributed by atoms with Crippen LogP contribution in [-0.4, -0.2) is 20.4 Å². The molecule has 4 N–H and O–H groups in total. The second-order valence-corrected chi connectivity index (χ2v) is 4.98. The maximum Gasteiger partial charge on any atom is 0.123 e. The van der Waals surface area contributed by atoms with Gasteiger partial charge in [-0.1, -0.05) is 18.2 Å². The van der Waals surface area contributed by atoms with Crippen LogP contribution in [0, 0.1) is 0 Å². The monoisotopic (exact) mass is 294 g/mol. The molecule has 0 aliphatic heterocycles. The normalized spacial score (nSPS) is 10.5. The topological polar surface area (TPSA) is 80.9 Å². The number of rotatable bonds is 2. The van der Waals surface area contributed by atoms with Gasteiger partial charge in [-0.05, 0) is 59.2 Å². The van der Waals surface area contributed by atoms with Gasteiger partial charge in [0.15, 0.2) is 0 Å². The highest BCUT2D eigenvalue weighted by molar-refractivity contribution is 5.87. The van der Waals surface area contributed by atoms with Crippen molar-refractivity contribution in [2.24, 2.45) is 0 Å². The van der Waals surface area contributed by atoms with Crippen molar-refractivity contribution in [3.05, 3.63) is 60.7 Å². The van der Waals surface area contributed by atoms with Crippen LogP contribution in [0.15, 0.2) is 60.7 Å². The van der Waals surface area contributed by atoms with E-state index in [1.54, 1.807) is 36.4 Å². The van der Waals surface area contributed by atoms with Gasteiger partial charge in [0.05, 0.1) is 0 Å². The Kier molecular flexibility index (Phi) is 3.35. The summed E-state index contributed by atoms with van der Waals surface area (Å²) in [5.41, 5.74) is 2.58. The molecular weight excluding hydrogens is 280 g/mol. The van der Waals surface area contributed by atoms with Crippen LogP contribution in [0.4, 0.5) is 0 Å². The van der Waals surface area contributed by atoms with Gasteiger partial charge in [0.25, 0.3) is 0 Å². The zero-order valence-electron chi connectivity index (χ0n) is 11.6. The van der Waals surface area contributed by atoms with Crippen molar-refractivity contribution in [3.63, 3.8) is 0 Å². The molecule has 0 aliphatic rings. The Labute approximate surface area is 127 Å². The molecule has 4 heteroatoms. The Hall–Kier alpha value is -3.14. The fourth-order valence-corrected chi connectivity index (χ4v) is 2.39. The van der Waals surface area contributed by atoms with Crippen LogP contribution in [0.1, 0.15) is 0 Å². The highest BCUT2D eigenvalue weighted by atomic mass is 16.3. The fraction of sp³-hybridized carbons (Fsp3) is 0. The molecule has 0 unspecified atom stereocenters. The first-order valence-corrected chi connectivity index (χ1v) is 6.69. The minimum absolute atomic E-state index is 0.00317. The first-order valence-electron chi connectivity index (χ1n) is 6.69. The average Bonchev–Trinajstić information content (AvgIpc) is 2.51. The zero-order chi connectivity index (χ0) is 15.7. The first kappa shape index (κ1) is 13.8. The first-order chi connectivity index (χ1) is 10.5. The van der Waals surface area contributed by atoms with Gasteiger partial charge >= 0.3 is 0 Å². The number of hydrogen-bond acceptors (Lipinski definition) is 4. The molecule has 3 aromatic carbocycles. The van der Waals surface area contributed by atoms with Crippen molar-refractivity contribution < 1.29 is 20.4 Å². The molecule has 0 aromatic heterocycles. The molecular formula is C18H14O4. The molecule has 110 valence electrons. The van der Waals surface area contributed by atoms with Crippen LogP contribution in [0.3, 0.4) is 0 Å². The van der Waals surface area contributed by atoms with Crippen LogP contribution < -0.4 is 0 Å². The van der Waals surface area contributed by atoms with E-state index in [4.69, 9.17) is 0 Å². The van der Waals surface area contributed by atoms with Crippen LogP contribution in [-0.2, 0) is 0 Å². The van der Waals surface area contributed by atoms with E-state index >= 15 is 0 Å². The van der Waals surface area contributed by atoms with Crippen molar-refractivity contribution in [3.8, 4) is 45.3 Å². The number of phenols is 4. The van der Waals surface area contributed by atoms with E-state index in [1.807, 2.05) is 0 Å². The molecule has 0 fully saturated rings.